The molecule has 0 fully saturated rings. The molecule has 0 aliphatic carbocycles. The van der Waals surface area contributed by atoms with Crippen molar-refractivity contribution in [2.75, 3.05) is 32.2 Å². The molecular formula is C13H18N2O5. The number of carbonyl (C=O) groups is 1. The second-order valence-corrected chi connectivity index (χ2v) is 4.02. The number of anilines is 1. The molecule has 0 saturated carbocycles. The van der Waals surface area contributed by atoms with E-state index < -0.39 is 4.92 Å². The summed E-state index contributed by atoms with van der Waals surface area (Å²) in [6, 6.07) is 4.63. The van der Waals surface area contributed by atoms with Crippen LogP contribution in [0, 0.1) is 10.1 Å². The highest BCUT2D eigenvalue weighted by Crippen LogP contribution is 2.31. The summed E-state index contributed by atoms with van der Waals surface area (Å²) in [7, 11) is 2.73. The molecule has 7 nitrogen and oxygen atoms in total. The van der Waals surface area contributed by atoms with Crippen LogP contribution in [0.25, 0.3) is 0 Å². The number of carbonyl (C=O) groups excluding carboxylic acids is 1. The van der Waals surface area contributed by atoms with Crippen molar-refractivity contribution >= 4 is 17.3 Å². The van der Waals surface area contributed by atoms with Gasteiger partial charge in [0.25, 0.3) is 0 Å². The van der Waals surface area contributed by atoms with Crippen molar-refractivity contribution in [2.24, 2.45) is 0 Å². The summed E-state index contributed by atoms with van der Waals surface area (Å²) < 4.78 is 9.63. The van der Waals surface area contributed by atoms with Crippen molar-refractivity contribution in [2.45, 2.75) is 13.3 Å². The molecule has 0 unspecified atom stereocenters. The van der Waals surface area contributed by atoms with Gasteiger partial charge in [0, 0.05) is 30.9 Å². The van der Waals surface area contributed by atoms with E-state index in [1.165, 1.54) is 20.3 Å². The number of esters is 1. The molecule has 0 aromatic heterocycles. The number of benzene rings is 1. The Kier molecular flexibility index (Phi) is 5.76. The third-order valence-corrected chi connectivity index (χ3v) is 2.92. The van der Waals surface area contributed by atoms with Gasteiger partial charge < -0.3 is 14.4 Å². The smallest absolute Gasteiger partial charge is 0.311 e. The molecule has 0 heterocycles. The standard InChI is InChI=1S/C13H18N2O5/c1-4-14(8-7-13(16)20-3)10-5-6-11(15(17)18)12(9-10)19-2/h5-6,9H,4,7-8H2,1-3H3. The average Bonchev–Trinajstić information content (AvgIpc) is 2.46. The Hall–Kier alpha value is -2.31. The molecule has 0 aliphatic heterocycles. The highest BCUT2D eigenvalue weighted by molar-refractivity contribution is 5.70. The summed E-state index contributed by atoms with van der Waals surface area (Å²) >= 11 is 0. The average molecular weight is 282 g/mol. The van der Waals surface area contributed by atoms with Crippen molar-refractivity contribution in [3.63, 3.8) is 0 Å². The third-order valence-electron chi connectivity index (χ3n) is 2.92. The van der Waals surface area contributed by atoms with Gasteiger partial charge in [0.15, 0.2) is 5.75 Å². The first-order valence-corrected chi connectivity index (χ1v) is 6.17. The Balaban J connectivity index is 2.93. The van der Waals surface area contributed by atoms with Crippen LogP contribution in [0.15, 0.2) is 18.2 Å². The summed E-state index contributed by atoms with van der Waals surface area (Å²) in [6.45, 7) is 3.08. The third kappa shape index (κ3) is 3.84. The first-order chi connectivity index (χ1) is 9.53. The zero-order valence-electron chi connectivity index (χ0n) is 11.8. The van der Waals surface area contributed by atoms with Gasteiger partial charge in [-0.15, -0.1) is 0 Å². The fraction of sp³-hybridized carbons (Fsp3) is 0.462. The number of rotatable bonds is 7. The van der Waals surface area contributed by atoms with Crippen molar-refractivity contribution in [1.29, 1.82) is 0 Å². The van der Waals surface area contributed by atoms with Gasteiger partial charge in [-0.1, -0.05) is 0 Å². The molecule has 0 atom stereocenters. The molecule has 0 aliphatic rings. The van der Waals surface area contributed by atoms with Crippen LogP contribution in [0.1, 0.15) is 13.3 Å². The van der Waals surface area contributed by atoms with Gasteiger partial charge in [-0.2, -0.15) is 0 Å². The number of nitrogens with zero attached hydrogens (tertiary/aromatic N) is 2. The first-order valence-electron chi connectivity index (χ1n) is 6.17. The zero-order chi connectivity index (χ0) is 15.1. The van der Waals surface area contributed by atoms with Crippen molar-refractivity contribution in [3.05, 3.63) is 28.3 Å². The predicted molar refractivity (Wildman–Crippen MR) is 74.2 cm³/mol. The van der Waals surface area contributed by atoms with Crippen LogP contribution in [0.5, 0.6) is 5.75 Å². The Morgan fingerprint density at radius 1 is 1.40 bits per heavy atom. The summed E-state index contributed by atoms with van der Waals surface area (Å²) in [5, 5.41) is 10.8. The largest absolute Gasteiger partial charge is 0.490 e. The van der Waals surface area contributed by atoms with Crippen LogP contribution in [0.2, 0.25) is 0 Å². The fourth-order valence-corrected chi connectivity index (χ4v) is 1.81. The molecule has 1 aromatic rings. The number of hydrogen-bond donors (Lipinski definition) is 0. The molecule has 0 bridgehead atoms. The lowest BCUT2D eigenvalue weighted by molar-refractivity contribution is -0.385. The van der Waals surface area contributed by atoms with Gasteiger partial charge in [-0.25, -0.2) is 0 Å². The Morgan fingerprint density at radius 2 is 2.10 bits per heavy atom. The molecule has 0 spiro atoms. The molecule has 0 N–H and O–H groups in total. The van der Waals surface area contributed by atoms with Crippen molar-refractivity contribution in [1.82, 2.24) is 0 Å². The van der Waals surface area contributed by atoms with E-state index in [0.717, 1.165) is 5.69 Å². The Bertz CT molecular complexity index is 490. The van der Waals surface area contributed by atoms with Crippen LogP contribution in [0.3, 0.4) is 0 Å². The van der Waals surface area contributed by atoms with E-state index in [-0.39, 0.29) is 23.8 Å². The molecule has 0 saturated heterocycles. The Morgan fingerprint density at radius 3 is 2.60 bits per heavy atom. The summed E-state index contributed by atoms with van der Waals surface area (Å²) in [6.07, 6.45) is 0.254. The highest BCUT2D eigenvalue weighted by Gasteiger charge is 2.17. The maximum Gasteiger partial charge on any atom is 0.311 e. The lowest BCUT2D eigenvalue weighted by Crippen LogP contribution is -2.26. The monoisotopic (exact) mass is 282 g/mol. The normalized spacial score (nSPS) is 9.95. The molecular weight excluding hydrogens is 264 g/mol. The predicted octanol–water partition coefficient (Wildman–Crippen LogP) is 1.99. The minimum absolute atomic E-state index is 0.0831. The molecule has 0 amide bonds. The molecule has 0 radical (unpaired) electrons. The topological polar surface area (TPSA) is 81.9 Å². The van der Waals surface area contributed by atoms with Crippen LogP contribution < -0.4 is 9.64 Å². The maximum atomic E-state index is 11.2. The molecule has 20 heavy (non-hydrogen) atoms. The van der Waals surface area contributed by atoms with E-state index in [1.807, 2.05) is 11.8 Å². The van der Waals surface area contributed by atoms with E-state index >= 15 is 0 Å². The van der Waals surface area contributed by atoms with Crippen molar-refractivity contribution in [3.8, 4) is 5.75 Å². The van der Waals surface area contributed by atoms with Crippen LogP contribution >= 0.6 is 0 Å². The van der Waals surface area contributed by atoms with Gasteiger partial charge in [0.05, 0.1) is 25.6 Å². The lowest BCUT2D eigenvalue weighted by Gasteiger charge is -2.22. The quantitative estimate of drug-likeness (QED) is 0.432. The minimum atomic E-state index is -0.493. The molecule has 1 rings (SSSR count). The number of ether oxygens (including phenoxy) is 2. The summed E-state index contributed by atoms with van der Waals surface area (Å²) in [4.78, 5) is 23.4. The highest BCUT2D eigenvalue weighted by atomic mass is 16.6. The van der Waals surface area contributed by atoms with Gasteiger partial charge in [-0.05, 0) is 13.0 Å². The number of methoxy groups -OCH3 is 2. The van der Waals surface area contributed by atoms with E-state index in [1.54, 1.807) is 12.1 Å². The lowest BCUT2D eigenvalue weighted by atomic mass is 10.2. The second kappa shape index (κ2) is 7.32. The Labute approximate surface area is 117 Å². The summed E-state index contributed by atoms with van der Waals surface area (Å²) in [5.74, 6) is -0.0960. The molecule has 1 aromatic carbocycles. The SMILES string of the molecule is CCN(CCC(=O)OC)c1ccc([N+](=O)[O-])c(OC)c1. The van der Waals surface area contributed by atoms with Gasteiger partial charge in [-0.3, -0.25) is 14.9 Å². The van der Waals surface area contributed by atoms with E-state index in [4.69, 9.17) is 4.74 Å². The van der Waals surface area contributed by atoms with Crippen LogP contribution in [-0.2, 0) is 9.53 Å². The number of nitro groups is 1. The van der Waals surface area contributed by atoms with E-state index in [2.05, 4.69) is 4.74 Å². The number of hydrogen-bond acceptors (Lipinski definition) is 6. The van der Waals surface area contributed by atoms with E-state index in [9.17, 15) is 14.9 Å². The van der Waals surface area contributed by atoms with E-state index in [0.29, 0.717) is 13.1 Å². The number of nitro benzene ring substituents is 1. The first kappa shape index (κ1) is 15.7. The van der Waals surface area contributed by atoms with Crippen LogP contribution in [0.4, 0.5) is 11.4 Å². The van der Waals surface area contributed by atoms with Gasteiger partial charge in [0.2, 0.25) is 0 Å². The second-order valence-electron chi connectivity index (χ2n) is 4.02. The summed E-state index contributed by atoms with van der Waals surface area (Å²) in [5.41, 5.74) is 0.680. The molecule has 7 heteroatoms. The fourth-order valence-electron chi connectivity index (χ4n) is 1.81. The van der Waals surface area contributed by atoms with Crippen molar-refractivity contribution < 1.29 is 19.2 Å². The maximum absolute atomic E-state index is 11.2. The zero-order valence-corrected chi connectivity index (χ0v) is 11.8. The van der Waals surface area contributed by atoms with Gasteiger partial charge >= 0.3 is 11.7 Å². The minimum Gasteiger partial charge on any atom is -0.490 e. The van der Waals surface area contributed by atoms with Crippen LogP contribution in [-0.4, -0.2) is 38.2 Å². The molecule has 110 valence electrons. The van der Waals surface area contributed by atoms with Gasteiger partial charge in [0.1, 0.15) is 0 Å².